The van der Waals surface area contributed by atoms with E-state index in [4.69, 9.17) is 25.6 Å². The van der Waals surface area contributed by atoms with E-state index in [1.807, 2.05) is 37.4 Å². The van der Waals surface area contributed by atoms with Crippen LogP contribution in [0.1, 0.15) is 24.3 Å². The number of likely N-dealkylation sites (tertiary alicyclic amines) is 1. The van der Waals surface area contributed by atoms with Crippen molar-refractivity contribution in [3.05, 3.63) is 58.9 Å². The molecule has 8 nitrogen and oxygen atoms in total. The van der Waals surface area contributed by atoms with Crippen LogP contribution in [-0.2, 0) is 17.9 Å². The number of carbonyl (C=O) groups excluding carboxylic acids is 1. The van der Waals surface area contributed by atoms with Gasteiger partial charge in [0, 0.05) is 30.7 Å². The first-order valence-corrected chi connectivity index (χ1v) is 11.6. The minimum Gasteiger partial charge on any atom is -0.493 e. The van der Waals surface area contributed by atoms with Crippen LogP contribution in [0.25, 0.3) is 11.4 Å². The summed E-state index contributed by atoms with van der Waals surface area (Å²) in [5, 5.41) is 4.71. The second kappa shape index (κ2) is 10.9. The summed E-state index contributed by atoms with van der Waals surface area (Å²) < 4.78 is 16.1. The number of aromatic nitrogens is 2. The summed E-state index contributed by atoms with van der Waals surface area (Å²) in [6.45, 7) is 2.56. The molecule has 180 valence electrons. The highest BCUT2D eigenvalue weighted by Crippen LogP contribution is 2.28. The number of methoxy groups -OCH3 is 2. The van der Waals surface area contributed by atoms with Gasteiger partial charge in [0.15, 0.2) is 11.5 Å². The molecular weight excluding hydrogens is 456 g/mol. The topological polar surface area (TPSA) is 80.9 Å². The van der Waals surface area contributed by atoms with Crippen molar-refractivity contribution in [3.63, 3.8) is 0 Å². The molecule has 0 saturated carbocycles. The van der Waals surface area contributed by atoms with Gasteiger partial charge in [-0.2, -0.15) is 4.98 Å². The molecule has 1 aliphatic heterocycles. The molecule has 34 heavy (non-hydrogen) atoms. The number of amides is 1. The van der Waals surface area contributed by atoms with Crippen LogP contribution < -0.4 is 9.47 Å². The first-order chi connectivity index (χ1) is 16.5. The fraction of sp³-hybridized carbons (Fsp3) is 0.400. The molecule has 1 unspecified atom stereocenters. The summed E-state index contributed by atoms with van der Waals surface area (Å²) in [4.78, 5) is 21.7. The Labute approximate surface area is 204 Å². The number of benzene rings is 2. The third kappa shape index (κ3) is 5.69. The molecule has 4 rings (SSSR count). The van der Waals surface area contributed by atoms with Gasteiger partial charge in [-0.1, -0.05) is 35.0 Å². The average Bonchev–Trinajstić information content (AvgIpc) is 3.32. The van der Waals surface area contributed by atoms with E-state index in [1.54, 1.807) is 31.3 Å². The second-order valence-electron chi connectivity index (χ2n) is 8.48. The lowest BCUT2D eigenvalue weighted by Crippen LogP contribution is -2.43. The molecule has 0 N–H and O–H groups in total. The maximum Gasteiger partial charge on any atom is 0.241 e. The van der Waals surface area contributed by atoms with Crippen molar-refractivity contribution in [1.82, 2.24) is 19.9 Å². The lowest BCUT2D eigenvalue weighted by Gasteiger charge is -2.33. The van der Waals surface area contributed by atoms with Gasteiger partial charge in [-0.15, -0.1) is 0 Å². The average molecular weight is 485 g/mol. The predicted molar refractivity (Wildman–Crippen MR) is 129 cm³/mol. The number of hydrogen-bond acceptors (Lipinski definition) is 7. The predicted octanol–water partition coefficient (Wildman–Crippen LogP) is 4.28. The molecule has 1 amide bonds. The molecule has 1 aromatic heterocycles. The molecule has 2 aromatic carbocycles. The molecule has 0 aliphatic carbocycles. The standard InChI is InChI=1S/C25H29ClN4O4/c1-29(14-17-9-10-21(32-2)22(12-17)33-3)25(31)19-7-5-11-30(15-19)16-23-27-24(28-34-23)18-6-4-8-20(26)13-18/h4,6,8-10,12-13,19H,5,7,11,14-16H2,1-3H3. The normalized spacial score (nSPS) is 16.3. The van der Waals surface area contributed by atoms with Crippen molar-refractivity contribution in [2.24, 2.45) is 5.92 Å². The minimum absolute atomic E-state index is 0.0748. The number of ether oxygens (including phenoxy) is 2. The number of halogens is 1. The summed E-state index contributed by atoms with van der Waals surface area (Å²) in [6, 6.07) is 13.1. The Balaban J connectivity index is 1.35. The zero-order chi connectivity index (χ0) is 24.1. The van der Waals surface area contributed by atoms with Gasteiger partial charge in [-0.25, -0.2) is 0 Å². The molecule has 9 heteroatoms. The number of nitrogens with zero attached hydrogens (tertiary/aromatic N) is 4. The quantitative estimate of drug-likeness (QED) is 0.472. The monoisotopic (exact) mass is 484 g/mol. The van der Waals surface area contributed by atoms with E-state index in [9.17, 15) is 4.79 Å². The van der Waals surface area contributed by atoms with E-state index in [0.717, 1.165) is 30.5 Å². The van der Waals surface area contributed by atoms with Gasteiger partial charge in [-0.05, 0) is 49.2 Å². The van der Waals surface area contributed by atoms with Crippen molar-refractivity contribution in [2.75, 3.05) is 34.4 Å². The summed E-state index contributed by atoms with van der Waals surface area (Å²) in [5.41, 5.74) is 1.80. The lowest BCUT2D eigenvalue weighted by atomic mass is 9.96. The molecular formula is C25H29ClN4O4. The van der Waals surface area contributed by atoms with Gasteiger partial charge >= 0.3 is 0 Å². The Morgan fingerprint density at radius 2 is 2.03 bits per heavy atom. The van der Waals surface area contributed by atoms with Crippen LogP contribution in [0.3, 0.4) is 0 Å². The summed E-state index contributed by atoms with van der Waals surface area (Å²) in [5.74, 6) is 2.42. The number of piperidine rings is 1. The van der Waals surface area contributed by atoms with Gasteiger partial charge in [-0.3, -0.25) is 9.69 Å². The summed E-state index contributed by atoms with van der Waals surface area (Å²) in [6.07, 6.45) is 1.80. The molecule has 3 aromatic rings. The third-order valence-corrected chi connectivity index (χ3v) is 6.24. The van der Waals surface area contributed by atoms with Crippen molar-refractivity contribution in [1.29, 1.82) is 0 Å². The smallest absolute Gasteiger partial charge is 0.241 e. The Morgan fingerprint density at radius 3 is 2.79 bits per heavy atom. The first-order valence-electron chi connectivity index (χ1n) is 11.2. The molecule has 1 saturated heterocycles. The van der Waals surface area contributed by atoms with Crippen LogP contribution in [0, 0.1) is 5.92 Å². The third-order valence-electron chi connectivity index (χ3n) is 6.01. The second-order valence-corrected chi connectivity index (χ2v) is 8.92. The van der Waals surface area contributed by atoms with Crippen LogP contribution in [0.5, 0.6) is 11.5 Å². The SMILES string of the molecule is COc1ccc(CN(C)C(=O)C2CCCN(Cc3nc(-c4cccc(Cl)c4)no3)C2)cc1OC. The fourth-order valence-electron chi connectivity index (χ4n) is 4.30. The van der Waals surface area contributed by atoms with Crippen molar-refractivity contribution < 1.29 is 18.8 Å². The van der Waals surface area contributed by atoms with Crippen LogP contribution in [0.15, 0.2) is 47.0 Å². The number of hydrogen-bond donors (Lipinski definition) is 0. The van der Waals surface area contributed by atoms with Gasteiger partial charge in [0.25, 0.3) is 0 Å². The van der Waals surface area contributed by atoms with E-state index in [0.29, 0.717) is 47.9 Å². The van der Waals surface area contributed by atoms with Crippen LogP contribution >= 0.6 is 11.6 Å². The zero-order valence-corrected chi connectivity index (χ0v) is 20.4. The molecule has 0 spiro atoms. The number of carbonyl (C=O) groups is 1. The maximum atomic E-state index is 13.2. The Kier molecular flexibility index (Phi) is 7.70. The Hall–Kier alpha value is -3.10. The highest BCUT2D eigenvalue weighted by molar-refractivity contribution is 6.30. The van der Waals surface area contributed by atoms with Gasteiger partial charge in [0.1, 0.15) is 0 Å². The molecule has 1 fully saturated rings. The van der Waals surface area contributed by atoms with Crippen molar-refractivity contribution >= 4 is 17.5 Å². The highest BCUT2D eigenvalue weighted by Gasteiger charge is 2.29. The van der Waals surface area contributed by atoms with E-state index < -0.39 is 0 Å². The molecule has 0 bridgehead atoms. The van der Waals surface area contributed by atoms with Crippen molar-refractivity contribution in [2.45, 2.75) is 25.9 Å². The van der Waals surface area contributed by atoms with E-state index in [1.165, 1.54) is 0 Å². The largest absolute Gasteiger partial charge is 0.493 e. The molecule has 1 atom stereocenters. The number of rotatable bonds is 8. The lowest BCUT2D eigenvalue weighted by molar-refractivity contribution is -0.136. The van der Waals surface area contributed by atoms with Crippen molar-refractivity contribution in [3.8, 4) is 22.9 Å². The van der Waals surface area contributed by atoms with Crippen LogP contribution in [0.4, 0.5) is 0 Å². The van der Waals surface area contributed by atoms with E-state index >= 15 is 0 Å². The van der Waals surface area contributed by atoms with E-state index in [2.05, 4.69) is 15.0 Å². The Morgan fingerprint density at radius 1 is 1.21 bits per heavy atom. The fourth-order valence-corrected chi connectivity index (χ4v) is 4.49. The molecule has 0 radical (unpaired) electrons. The minimum atomic E-state index is -0.0748. The zero-order valence-electron chi connectivity index (χ0n) is 19.7. The summed E-state index contributed by atoms with van der Waals surface area (Å²) >= 11 is 6.07. The van der Waals surface area contributed by atoms with Gasteiger partial charge < -0.3 is 18.9 Å². The Bertz CT molecular complexity index is 1140. The highest BCUT2D eigenvalue weighted by atomic mass is 35.5. The van der Waals surface area contributed by atoms with Gasteiger partial charge in [0.05, 0.1) is 26.7 Å². The van der Waals surface area contributed by atoms with Crippen LogP contribution in [-0.4, -0.2) is 60.2 Å². The summed E-state index contributed by atoms with van der Waals surface area (Å²) in [7, 11) is 5.05. The van der Waals surface area contributed by atoms with Crippen LogP contribution in [0.2, 0.25) is 5.02 Å². The molecule has 2 heterocycles. The van der Waals surface area contributed by atoms with Gasteiger partial charge in [0.2, 0.25) is 17.6 Å². The molecule has 1 aliphatic rings. The van der Waals surface area contributed by atoms with E-state index in [-0.39, 0.29) is 11.8 Å². The maximum absolute atomic E-state index is 13.2. The first kappa shape index (κ1) is 24.0.